The van der Waals surface area contributed by atoms with E-state index in [1.54, 1.807) is 11.8 Å². The second kappa shape index (κ2) is 7.77. The third-order valence-electron chi connectivity index (χ3n) is 3.64. The Bertz CT molecular complexity index is 646. The summed E-state index contributed by atoms with van der Waals surface area (Å²) in [5.41, 5.74) is 1.50. The molecule has 1 aromatic heterocycles. The van der Waals surface area contributed by atoms with E-state index in [0.717, 1.165) is 23.3 Å². The van der Waals surface area contributed by atoms with Crippen LogP contribution in [0.4, 0.5) is 10.2 Å². The van der Waals surface area contributed by atoms with Gasteiger partial charge in [-0.2, -0.15) is 0 Å². The fraction of sp³-hybridized carbons (Fsp3) is 0.353. The van der Waals surface area contributed by atoms with Crippen LogP contribution in [0, 0.1) is 5.82 Å². The standard InChI is InChI=1S/C17H19FN2O2S/c1-23-15-6-4-12(5-7-15)16-9-13(18)10-17(20-16)19-11-14-3-2-8-21-22-14/h4-7,9-10,14H,2-3,8,11H2,1H3,(H,19,20). The smallest absolute Gasteiger partial charge is 0.129 e. The largest absolute Gasteiger partial charge is 0.367 e. The molecule has 1 saturated heterocycles. The van der Waals surface area contributed by atoms with E-state index in [2.05, 4.69) is 10.3 Å². The SMILES string of the molecule is CSc1ccc(-c2cc(F)cc(NCC3CCCOO3)n2)cc1. The Morgan fingerprint density at radius 2 is 2.13 bits per heavy atom. The van der Waals surface area contributed by atoms with Crippen LogP contribution in [0.2, 0.25) is 0 Å². The summed E-state index contributed by atoms with van der Waals surface area (Å²) in [5.74, 6) is 0.190. The number of anilines is 1. The molecule has 0 bridgehead atoms. The zero-order valence-corrected chi connectivity index (χ0v) is 13.7. The minimum atomic E-state index is -0.313. The van der Waals surface area contributed by atoms with Crippen LogP contribution in [0.1, 0.15) is 12.8 Å². The number of hydrogen-bond acceptors (Lipinski definition) is 5. The summed E-state index contributed by atoms with van der Waals surface area (Å²) >= 11 is 1.67. The number of nitrogens with zero attached hydrogens (tertiary/aromatic N) is 1. The molecule has 1 aromatic carbocycles. The molecule has 2 heterocycles. The van der Waals surface area contributed by atoms with Crippen molar-refractivity contribution in [2.24, 2.45) is 0 Å². The molecule has 0 saturated carbocycles. The molecule has 0 radical (unpaired) electrons. The zero-order chi connectivity index (χ0) is 16.1. The molecule has 3 rings (SSSR count). The van der Waals surface area contributed by atoms with Crippen molar-refractivity contribution < 1.29 is 14.2 Å². The lowest BCUT2D eigenvalue weighted by atomic mass is 10.1. The number of rotatable bonds is 5. The average molecular weight is 334 g/mol. The minimum absolute atomic E-state index is 0.0295. The zero-order valence-electron chi connectivity index (χ0n) is 12.9. The van der Waals surface area contributed by atoms with Crippen molar-refractivity contribution in [1.29, 1.82) is 0 Å². The van der Waals surface area contributed by atoms with Crippen LogP contribution in [0.3, 0.4) is 0 Å². The Balaban J connectivity index is 1.72. The molecule has 1 aliphatic heterocycles. The summed E-state index contributed by atoms with van der Waals surface area (Å²) in [6, 6.07) is 10.8. The van der Waals surface area contributed by atoms with E-state index in [4.69, 9.17) is 9.78 Å². The van der Waals surface area contributed by atoms with Gasteiger partial charge in [0, 0.05) is 29.1 Å². The molecule has 6 heteroatoms. The van der Waals surface area contributed by atoms with Crippen LogP contribution in [-0.2, 0) is 9.78 Å². The van der Waals surface area contributed by atoms with Crippen LogP contribution in [-0.4, -0.2) is 30.5 Å². The highest BCUT2D eigenvalue weighted by molar-refractivity contribution is 7.98. The quantitative estimate of drug-likeness (QED) is 0.658. The van der Waals surface area contributed by atoms with E-state index < -0.39 is 0 Å². The number of nitrogens with one attached hydrogen (secondary N) is 1. The van der Waals surface area contributed by atoms with Gasteiger partial charge in [-0.15, -0.1) is 11.8 Å². The van der Waals surface area contributed by atoms with Gasteiger partial charge in [0.1, 0.15) is 17.7 Å². The summed E-state index contributed by atoms with van der Waals surface area (Å²) < 4.78 is 13.9. The number of hydrogen-bond donors (Lipinski definition) is 1. The Morgan fingerprint density at radius 3 is 2.83 bits per heavy atom. The van der Waals surface area contributed by atoms with Gasteiger partial charge in [0.05, 0.1) is 12.3 Å². The first kappa shape index (κ1) is 16.2. The van der Waals surface area contributed by atoms with E-state index in [1.807, 2.05) is 30.5 Å². The van der Waals surface area contributed by atoms with Crippen LogP contribution in [0.25, 0.3) is 11.3 Å². The number of halogens is 1. The molecule has 0 spiro atoms. The summed E-state index contributed by atoms with van der Waals surface area (Å²) in [6.45, 7) is 1.17. The molecule has 0 aliphatic carbocycles. The maximum atomic E-state index is 13.9. The maximum absolute atomic E-state index is 13.9. The normalized spacial score (nSPS) is 17.9. The Hall–Kier alpha value is -1.63. The van der Waals surface area contributed by atoms with Gasteiger partial charge in [-0.3, -0.25) is 0 Å². The monoisotopic (exact) mass is 334 g/mol. The first-order valence-corrected chi connectivity index (χ1v) is 8.81. The van der Waals surface area contributed by atoms with Crippen LogP contribution in [0.5, 0.6) is 0 Å². The maximum Gasteiger partial charge on any atom is 0.129 e. The second-order valence-corrected chi connectivity index (χ2v) is 6.23. The summed E-state index contributed by atoms with van der Waals surface area (Å²) in [4.78, 5) is 15.8. The first-order chi connectivity index (χ1) is 11.2. The van der Waals surface area contributed by atoms with E-state index in [1.165, 1.54) is 12.1 Å². The van der Waals surface area contributed by atoms with Crippen molar-refractivity contribution in [2.45, 2.75) is 23.8 Å². The Morgan fingerprint density at radius 1 is 1.30 bits per heavy atom. The number of pyridine rings is 1. The molecule has 4 nitrogen and oxygen atoms in total. The van der Waals surface area contributed by atoms with E-state index in [9.17, 15) is 4.39 Å². The lowest BCUT2D eigenvalue weighted by molar-refractivity contribution is -0.341. The van der Waals surface area contributed by atoms with Gasteiger partial charge in [0.25, 0.3) is 0 Å². The van der Waals surface area contributed by atoms with Crippen molar-refractivity contribution in [2.75, 3.05) is 24.7 Å². The number of thioether (sulfide) groups is 1. The number of benzene rings is 1. The van der Waals surface area contributed by atoms with Gasteiger partial charge in [-0.1, -0.05) is 12.1 Å². The van der Waals surface area contributed by atoms with Crippen LogP contribution >= 0.6 is 11.8 Å². The lowest BCUT2D eigenvalue weighted by Crippen LogP contribution is -2.27. The first-order valence-electron chi connectivity index (χ1n) is 7.59. The van der Waals surface area contributed by atoms with Gasteiger partial charge in [-0.05, 0) is 31.2 Å². The van der Waals surface area contributed by atoms with Crippen molar-refractivity contribution in [3.8, 4) is 11.3 Å². The highest BCUT2D eigenvalue weighted by Crippen LogP contribution is 2.24. The highest BCUT2D eigenvalue weighted by Gasteiger charge is 2.15. The van der Waals surface area contributed by atoms with Gasteiger partial charge in [-0.25, -0.2) is 19.1 Å². The molecule has 1 fully saturated rings. The Labute approximate surface area is 139 Å². The van der Waals surface area contributed by atoms with E-state index >= 15 is 0 Å². The average Bonchev–Trinajstić information content (AvgIpc) is 2.60. The molecule has 1 atom stereocenters. The van der Waals surface area contributed by atoms with Gasteiger partial charge >= 0.3 is 0 Å². The summed E-state index contributed by atoms with van der Waals surface area (Å²) in [5, 5.41) is 3.13. The van der Waals surface area contributed by atoms with Crippen molar-refractivity contribution in [3.63, 3.8) is 0 Å². The summed E-state index contributed by atoms with van der Waals surface area (Å²) in [7, 11) is 0. The van der Waals surface area contributed by atoms with Crippen LogP contribution < -0.4 is 5.32 Å². The molecule has 1 unspecified atom stereocenters. The predicted molar refractivity (Wildman–Crippen MR) is 90.0 cm³/mol. The second-order valence-electron chi connectivity index (χ2n) is 5.35. The third kappa shape index (κ3) is 4.43. The lowest BCUT2D eigenvalue weighted by Gasteiger charge is -2.21. The Kier molecular flexibility index (Phi) is 5.48. The van der Waals surface area contributed by atoms with Crippen molar-refractivity contribution in [3.05, 3.63) is 42.2 Å². The molecule has 23 heavy (non-hydrogen) atoms. The third-order valence-corrected chi connectivity index (χ3v) is 4.39. The number of aromatic nitrogens is 1. The van der Waals surface area contributed by atoms with E-state index in [-0.39, 0.29) is 11.9 Å². The fourth-order valence-electron chi connectivity index (χ4n) is 2.41. The molecular formula is C17H19FN2O2S. The van der Waals surface area contributed by atoms with Gasteiger partial charge < -0.3 is 5.32 Å². The van der Waals surface area contributed by atoms with Gasteiger partial charge in [0.15, 0.2) is 0 Å². The summed E-state index contributed by atoms with van der Waals surface area (Å²) in [6.07, 6.45) is 3.88. The van der Waals surface area contributed by atoms with Crippen molar-refractivity contribution >= 4 is 17.6 Å². The molecule has 122 valence electrons. The molecule has 1 N–H and O–H groups in total. The topological polar surface area (TPSA) is 43.4 Å². The van der Waals surface area contributed by atoms with Gasteiger partial charge in [0.2, 0.25) is 0 Å². The van der Waals surface area contributed by atoms with E-state index in [0.29, 0.717) is 24.7 Å². The molecular weight excluding hydrogens is 315 g/mol. The predicted octanol–water partition coefficient (Wildman–Crippen LogP) is 4.13. The molecule has 0 amide bonds. The van der Waals surface area contributed by atoms with Crippen molar-refractivity contribution in [1.82, 2.24) is 4.98 Å². The molecule has 1 aliphatic rings. The minimum Gasteiger partial charge on any atom is -0.367 e. The highest BCUT2D eigenvalue weighted by atomic mass is 32.2. The van der Waals surface area contributed by atoms with Crippen LogP contribution in [0.15, 0.2) is 41.3 Å². The molecule has 2 aromatic rings. The fourth-order valence-corrected chi connectivity index (χ4v) is 2.82.